The van der Waals surface area contributed by atoms with Gasteiger partial charge in [0.05, 0.1) is 0 Å². The zero-order valence-corrected chi connectivity index (χ0v) is 45.7. The minimum absolute atomic E-state index is 0.701. The summed E-state index contributed by atoms with van der Waals surface area (Å²) in [6, 6.07) is 17.9. The molecule has 0 aliphatic heterocycles. The van der Waals surface area contributed by atoms with Crippen LogP contribution in [-0.2, 0) is 0 Å². The summed E-state index contributed by atoms with van der Waals surface area (Å²) in [6.07, 6.45) is 31.6. The molecule has 0 radical (unpaired) electrons. The second-order valence-corrected chi connectivity index (χ2v) is 19.5. The van der Waals surface area contributed by atoms with Crippen LogP contribution in [-0.4, -0.2) is 28.8 Å². The molecule has 0 aromatic heterocycles. The molecule has 0 amide bonds. The zero-order chi connectivity index (χ0) is 50.2. The van der Waals surface area contributed by atoms with Crippen LogP contribution in [0, 0.1) is 135 Å². The number of unbranched alkanes of at least 4 members (excludes halogenated alkanes) is 16. The average Bonchev–Trinajstić information content (AvgIpc) is 3.87. The smallest absolute Gasteiger partial charge is 0.153 e. The molecular formula is C54H67ClN6S6. The number of hydrogen-bond acceptors (Lipinski definition) is 12. The lowest BCUT2D eigenvalue weighted by atomic mass is 10.1. The van der Waals surface area contributed by atoms with E-state index in [4.69, 9.17) is 43.2 Å². The predicted molar refractivity (Wildman–Crippen MR) is 299 cm³/mol. The molecule has 0 N–H and O–H groups in total. The van der Waals surface area contributed by atoms with Gasteiger partial charge < -0.3 is 0 Å². The van der Waals surface area contributed by atoms with Gasteiger partial charge in [-0.15, -0.1) is 0 Å². The van der Waals surface area contributed by atoms with Crippen molar-refractivity contribution in [3.8, 4) is 103 Å². The van der Waals surface area contributed by atoms with E-state index in [-0.39, 0.29) is 0 Å². The number of nitrogens with zero attached hydrogens (tertiary/aromatic N) is 6. The number of hydrogen-bond donors (Lipinski definition) is 0. The van der Waals surface area contributed by atoms with Crippen molar-refractivity contribution in [2.24, 2.45) is 0 Å². The summed E-state index contributed by atoms with van der Waals surface area (Å²) in [4.78, 5) is 0.988. The summed E-state index contributed by atoms with van der Waals surface area (Å²) in [5.41, 5.74) is 0. The lowest BCUT2D eigenvalue weighted by Gasteiger charge is -2.01. The fourth-order valence-electron chi connectivity index (χ4n) is 5.15. The Balaban J connectivity index is -0.000000367. The number of benzene rings is 1. The Morgan fingerprint density at radius 2 is 0.821 bits per heavy atom. The van der Waals surface area contributed by atoms with Crippen molar-refractivity contribution in [3.05, 3.63) is 29.3 Å². The third-order valence-corrected chi connectivity index (χ3v) is 12.6. The summed E-state index contributed by atoms with van der Waals surface area (Å²) in [7, 11) is 0. The van der Waals surface area contributed by atoms with E-state index in [0.29, 0.717) is 10.3 Å². The molecule has 1 aromatic carbocycles. The molecular weight excluding hydrogens is 960 g/mol. The fourth-order valence-corrected chi connectivity index (χ4v) is 8.15. The first-order chi connectivity index (χ1) is 32.9. The quantitative estimate of drug-likeness (QED) is 0.0585. The fraction of sp³-hybridized carbons (Fsp3) is 0.556. The van der Waals surface area contributed by atoms with Crippen molar-refractivity contribution >= 4 is 82.2 Å². The van der Waals surface area contributed by atoms with E-state index in [9.17, 15) is 0 Å². The highest BCUT2D eigenvalue weighted by atomic mass is 35.5. The molecule has 0 unspecified atom stereocenters. The third-order valence-electron chi connectivity index (χ3n) is 8.31. The van der Waals surface area contributed by atoms with Gasteiger partial charge in [0.1, 0.15) is 0 Å². The number of thioether (sulfide) groups is 6. The maximum absolute atomic E-state index is 8.21. The molecule has 0 bridgehead atoms. The molecule has 0 saturated heterocycles. The monoisotopic (exact) mass is 1030 g/mol. The van der Waals surface area contributed by atoms with Gasteiger partial charge in [-0.2, -0.15) is 31.6 Å². The molecule has 2 rings (SSSR count). The summed E-state index contributed by atoms with van der Waals surface area (Å²) in [6.45, 7) is 6.51. The van der Waals surface area contributed by atoms with E-state index in [1.165, 1.54) is 177 Å². The van der Waals surface area contributed by atoms with Gasteiger partial charge in [0.15, 0.2) is 36.4 Å². The van der Waals surface area contributed by atoms with E-state index in [1.807, 2.05) is 43.5 Å². The highest BCUT2D eigenvalue weighted by Gasteiger charge is 2.13. The Labute approximate surface area is 438 Å². The third kappa shape index (κ3) is 71.1. The van der Waals surface area contributed by atoms with Gasteiger partial charge in [0.25, 0.3) is 0 Å². The highest BCUT2D eigenvalue weighted by molar-refractivity contribution is 8.05. The Hall–Kier alpha value is -4.09. The Kier molecular flexibility index (Phi) is 71.0. The first-order valence-corrected chi connectivity index (χ1v) is 29.0. The Bertz CT molecular complexity index is 1980. The van der Waals surface area contributed by atoms with E-state index >= 15 is 0 Å². The molecule has 1 fully saturated rings. The van der Waals surface area contributed by atoms with Gasteiger partial charge in [0.2, 0.25) is 0 Å². The lowest BCUT2D eigenvalue weighted by molar-refractivity contribution is 0.563. The van der Waals surface area contributed by atoms with Crippen LogP contribution in [0.4, 0.5) is 0 Å². The van der Waals surface area contributed by atoms with E-state index in [2.05, 4.69) is 80.9 Å². The van der Waals surface area contributed by atoms with Crippen molar-refractivity contribution in [1.29, 1.82) is 31.6 Å². The van der Waals surface area contributed by atoms with Crippen LogP contribution < -0.4 is 0 Å². The molecule has 13 heteroatoms. The minimum atomic E-state index is 0.701. The molecule has 0 atom stereocenters. The molecule has 0 spiro atoms. The largest absolute Gasteiger partial charge is 0.183 e. The molecule has 0 heterocycles. The molecule has 1 aliphatic rings. The molecule has 356 valence electrons. The number of halogens is 1. The second-order valence-electron chi connectivity index (χ2n) is 13.6. The maximum atomic E-state index is 8.21. The van der Waals surface area contributed by atoms with Gasteiger partial charge in [-0.25, -0.2) is 0 Å². The summed E-state index contributed by atoms with van der Waals surface area (Å²) in [5.74, 6) is 17.1. The van der Waals surface area contributed by atoms with Gasteiger partial charge in [0, 0.05) is 67.9 Å². The van der Waals surface area contributed by atoms with Crippen molar-refractivity contribution < 1.29 is 0 Å². The van der Waals surface area contributed by atoms with Gasteiger partial charge in [-0.05, 0) is 99.5 Å². The van der Waals surface area contributed by atoms with Crippen molar-refractivity contribution in [2.75, 3.05) is 23.5 Å². The molecule has 1 aromatic rings. The highest BCUT2D eigenvalue weighted by Crippen LogP contribution is 2.28. The SMILES string of the molecule is CCCCCCCCCCCCSC#CC#N.CCCCCCCCCCSC#CC#N.CCSC#CC#N.CSC#CC#N.N#CC#CSC1CCCC1.N#CC#CSc1ccc(Cl)cc1. The first-order valence-electron chi connectivity index (χ1n) is 22.7. The molecule has 6 nitrogen and oxygen atoms in total. The Morgan fingerprint density at radius 1 is 0.463 bits per heavy atom. The van der Waals surface area contributed by atoms with E-state index in [1.54, 1.807) is 65.6 Å². The van der Waals surface area contributed by atoms with E-state index < -0.39 is 0 Å². The van der Waals surface area contributed by atoms with Crippen molar-refractivity contribution in [1.82, 2.24) is 0 Å². The van der Waals surface area contributed by atoms with Gasteiger partial charge >= 0.3 is 0 Å². The topological polar surface area (TPSA) is 143 Å². The second kappa shape index (κ2) is 68.5. The summed E-state index contributed by atoms with van der Waals surface area (Å²) in [5, 5.41) is 65.7. The van der Waals surface area contributed by atoms with Gasteiger partial charge in [-0.3, -0.25) is 0 Å². The lowest BCUT2D eigenvalue weighted by Crippen LogP contribution is -1.89. The van der Waals surface area contributed by atoms with Crippen LogP contribution in [0.2, 0.25) is 5.02 Å². The minimum Gasteiger partial charge on any atom is -0.183 e. The van der Waals surface area contributed by atoms with Crippen LogP contribution in [0.5, 0.6) is 0 Å². The number of nitriles is 6. The van der Waals surface area contributed by atoms with Crippen molar-refractivity contribution in [2.45, 2.75) is 172 Å². The van der Waals surface area contributed by atoms with Crippen LogP contribution in [0.25, 0.3) is 0 Å². The normalized spacial score (nSPS) is 9.48. The molecule has 67 heavy (non-hydrogen) atoms. The molecule has 1 aliphatic carbocycles. The standard InChI is InChI=1S/C15H25NS.C13H21NS.C9H4ClNS.C8H9NS.C5H5NS.C4H3NS/c1-2-3-4-5-6-7-8-9-10-11-14-17-15-12-13-16;1-2-3-4-5-6-7-8-9-12-15-13-10-11-14;10-8-2-4-9(5-3-8)12-7-1-6-11;9-6-3-7-10-8-4-1-2-5-8;1-2-7-5-3-4-6;1-6-4-2-3-5/h2-11,14H2,1H3;2-9,12H2,1H3;2-5H;8H,1-2,4-5H2;2H2,1H3;1H3. The first kappa shape index (κ1) is 69.5. The maximum Gasteiger partial charge on any atom is 0.153 e. The number of rotatable bonds is 23. The molecule has 1 saturated carbocycles. The summed E-state index contributed by atoms with van der Waals surface area (Å²) >= 11 is 14.5. The Morgan fingerprint density at radius 3 is 1.19 bits per heavy atom. The van der Waals surface area contributed by atoms with E-state index in [0.717, 1.165) is 22.2 Å². The predicted octanol–water partition coefficient (Wildman–Crippen LogP) is 16.6. The van der Waals surface area contributed by atoms with Crippen LogP contribution in [0.3, 0.4) is 0 Å². The van der Waals surface area contributed by atoms with Crippen LogP contribution >= 0.6 is 82.2 Å². The van der Waals surface area contributed by atoms with Crippen molar-refractivity contribution in [3.63, 3.8) is 0 Å². The van der Waals surface area contributed by atoms with Crippen LogP contribution in [0.15, 0.2) is 29.2 Å². The zero-order valence-electron chi connectivity index (χ0n) is 40.1. The van der Waals surface area contributed by atoms with Crippen LogP contribution in [0.1, 0.15) is 162 Å². The van der Waals surface area contributed by atoms with Gasteiger partial charge in [-0.1, -0.05) is 207 Å². The average molecular weight is 1030 g/mol. The summed E-state index contributed by atoms with van der Waals surface area (Å²) < 4.78 is 0.